The van der Waals surface area contributed by atoms with E-state index in [0.29, 0.717) is 17.5 Å². The van der Waals surface area contributed by atoms with Gasteiger partial charge in [0.25, 0.3) is 0 Å². The molecule has 116 valence electrons. The SMILES string of the molecule is O=C(CSCc1nnnn1C1CCCC1)Nc1ccccc1. The van der Waals surface area contributed by atoms with Crippen molar-refractivity contribution in [2.75, 3.05) is 11.1 Å². The quantitative estimate of drug-likeness (QED) is 0.886. The van der Waals surface area contributed by atoms with Crippen LogP contribution in [0.2, 0.25) is 0 Å². The van der Waals surface area contributed by atoms with Gasteiger partial charge in [0.2, 0.25) is 5.91 Å². The molecule has 0 spiro atoms. The van der Waals surface area contributed by atoms with Crippen molar-refractivity contribution in [1.29, 1.82) is 0 Å². The number of tetrazole rings is 1. The predicted molar refractivity (Wildman–Crippen MR) is 86.6 cm³/mol. The molecule has 1 N–H and O–H groups in total. The Kier molecular flexibility index (Phi) is 5.05. The number of thioether (sulfide) groups is 1. The summed E-state index contributed by atoms with van der Waals surface area (Å²) in [5, 5.41) is 14.9. The maximum absolute atomic E-state index is 11.9. The molecule has 2 aromatic rings. The first-order valence-electron chi connectivity index (χ1n) is 7.52. The number of hydrogen-bond donors (Lipinski definition) is 1. The third kappa shape index (κ3) is 3.85. The molecule has 1 aliphatic carbocycles. The zero-order chi connectivity index (χ0) is 15.2. The molecule has 22 heavy (non-hydrogen) atoms. The summed E-state index contributed by atoms with van der Waals surface area (Å²) in [7, 11) is 0. The molecule has 1 amide bonds. The number of hydrogen-bond acceptors (Lipinski definition) is 5. The summed E-state index contributed by atoms with van der Waals surface area (Å²) in [6.07, 6.45) is 4.79. The Labute approximate surface area is 133 Å². The molecule has 1 aromatic heterocycles. The van der Waals surface area contributed by atoms with Crippen LogP contribution in [-0.4, -0.2) is 31.9 Å². The second-order valence-corrected chi connectivity index (χ2v) is 6.37. The number of carbonyl (C=O) groups excluding carboxylic acids is 1. The van der Waals surface area contributed by atoms with Gasteiger partial charge in [0.05, 0.1) is 17.5 Å². The maximum Gasteiger partial charge on any atom is 0.234 e. The van der Waals surface area contributed by atoms with Crippen LogP contribution in [0, 0.1) is 0 Å². The van der Waals surface area contributed by atoms with Gasteiger partial charge < -0.3 is 5.32 Å². The molecule has 1 fully saturated rings. The summed E-state index contributed by atoms with van der Waals surface area (Å²) >= 11 is 1.54. The molecule has 7 heteroatoms. The first-order valence-corrected chi connectivity index (χ1v) is 8.68. The Balaban J connectivity index is 1.47. The number of nitrogens with one attached hydrogen (secondary N) is 1. The van der Waals surface area contributed by atoms with Gasteiger partial charge in [-0.2, -0.15) is 0 Å². The molecule has 1 heterocycles. The van der Waals surface area contributed by atoms with Gasteiger partial charge in [-0.15, -0.1) is 16.9 Å². The van der Waals surface area contributed by atoms with Crippen LogP contribution in [0.1, 0.15) is 37.5 Å². The van der Waals surface area contributed by atoms with Crippen molar-refractivity contribution in [3.05, 3.63) is 36.2 Å². The van der Waals surface area contributed by atoms with Crippen LogP contribution in [0.3, 0.4) is 0 Å². The number of nitrogens with zero attached hydrogens (tertiary/aromatic N) is 4. The van der Waals surface area contributed by atoms with Crippen molar-refractivity contribution in [2.24, 2.45) is 0 Å². The predicted octanol–water partition coefficient (Wildman–Crippen LogP) is 2.66. The number of para-hydroxylation sites is 1. The van der Waals surface area contributed by atoms with Crippen LogP contribution < -0.4 is 5.32 Å². The highest BCUT2D eigenvalue weighted by Crippen LogP contribution is 2.29. The van der Waals surface area contributed by atoms with Gasteiger partial charge in [0.1, 0.15) is 0 Å². The van der Waals surface area contributed by atoms with Crippen molar-refractivity contribution < 1.29 is 4.79 Å². The van der Waals surface area contributed by atoms with E-state index in [1.54, 1.807) is 0 Å². The van der Waals surface area contributed by atoms with Crippen LogP contribution in [0.15, 0.2) is 30.3 Å². The summed E-state index contributed by atoms with van der Waals surface area (Å²) in [4.78, 5) is 11.9. The van der Waals surface area contributed by atoms with Crippen LogP contribution >= 0.6 is 11.8 Å². The largest absolute Gasteiger partial charge is 0.325 e. The average molecular weight is 317 g/mol. The maximum atomic E-state index is 11.9. The lowest BCUT2D eigenvalue weighted by Gasteiger charge is -2.11. The molecule has 0 bridgehead atoms. The minimum absolute atomic E-state index is 0.00362. The summed E-state index contributed by atoms with van der Waals surface area (Å²) in [5.74, 6) is 1.92. The van der Waals surface area contributed by atoms with Crippen molar-refractivity contribution in [3.8, 4) is 0 Å². The number of amides is 1. The standard InChI is InChI=1S/C15H19N5OS/c21-15(16-12-6-2-1-3-7-12)11-22-10-14-17-18-19-20(14)13-8-4-5-9-13/h1-3,6-7,13H,4-5,8-11H2,(H,16,21). The van der Waals surface area contributed by atoms with Gasteiger partial charge in [-0.25, -0.2) is 4.68 Å². The highest BCUT2D eigenvalue weighted by atomic mass is 32.2. The fourth-order valence-electron chi connectivity index (χ4n) is 2.69. The van der Waals surface area contributed by atoms with E-state index in [1.165, 1.54) is 24.6 Å². The van der Waals surface area contributed by atoms with Gasteiger partial charge in [-0.3, -0.25) is 4.79 Å². The van der Waals surface area contributed by atoms with Crippen LogP contribution in [0.25, 0.3) is 0 Å². The summed E-state index contributed by atoms with van der Waals surface area (Å²) in [6, 6.07) is 9.92. The minimum Gasteiger partial charge on any atom is -0.325 e. The second kappa shape index (κ2) is 7.40. The number of carbonyl (C=O) groups is 1. The smallest absolute Gasteiger partial charge is 0.234 e. The molecule has 3 rings (SSSR count). The average Bonchev–Trinajstić information content (AvgIpc) is 3.19. The molecule has 1 aromatic carbocycles. The molecular weight excluding hydrogens is 298 g/mol. The number of rotatable bonds is 6. The Morgan fingerprint density at radius 3 is 2.82 bits per heavy atom. The lowest BCUT2D eigenvalue weighted by Crippen LogP contribution is -2.15. The van der Waals surface area contributed by atoms with E-state index in [1.807, 2.05) is 35.0 Å². The summed E-state index contributed by atoms with van der Waals surface area (Å²) < 4.78 is 1.94. The fraction of sp³-hybridized carbons (Fsp3) is 0.467. The Hall–Kier alpha value is -1.89. The molecule has 0 saturated heterocycles. The highest BCUT2D eigenvalue weighted by molar-refractivity contribution is 7.99. The van der Waals surface area contributed by atoms with E-state index in [9.17, 15) is 4.79 Å². The molecule has 6 nitrogen and oxygen atoms in total. The van der Waals surface area contributed by atoms with E-state index in [0.717, 1.165) is 24.4 Å². The van der Waals surface area contributed by atoms with E-state index in [4.69, 9.17) is 0 Å². The molecule has 1 saturated carbocycles. The van der Waals surface area contributed by atoms with E-state index >= 15 is 0 Å². The second-order valence-electron chi connectivity index (χ2n) is 5.38. The van der Waals surface area contributed by atoms with Gasteiger partial charge in [0, 0.05) is 5.69 Å². The number of aromatic nitrogens is 4. The third-order valence-electron chi connectivity index (χ3n) is 3.75. The molecule has 0 radical (unpaired) electrons. The van der Waals surface area contributed by atoms with Crippen LogP contribution in [0.4, 0.5) is 5.69 Å². The number of anilines is 1. The lowest BCUT2D eigenvalue weighted by molar-refractivity contribution is -0.113. The van der Waals surface area contributed by atoms with E-state index < -0.39 is 0 Å². The molecule has 0 unspecified atom stereocenters. The monoisotopic (exact) mass is 317 g/mol. The third-order valence-corrected chi connectivity index (χ3v) is 4.68. The van der Waals surface area contributed by atoms with Crippen molar-refractivity contribution in [1.82, 2.24) is 20.2 Å². The van der Waals surface area contributed by atoms with Crippen molar-refractivity contribution in [3.63, 3.8) is 0 Å². The Morgan fingerprint density at radius 2 is 2.05 bits per heavy atom. The Morgan fingerprint density at radius 1 is 1.27 bits per heavy atom. The van der Waals surface area contributed by atoms with Crippen molar-refractivity contribution >= 4 is 23.4 Å². The molecule has 0 atom stereocenters. The first kappa shape index (κ1) is 15.0. The highest BCUT2D eigenvalue weighted by Gasteiger charge is 2.21. The van der Waals surface area contributed by atoms with Gasteiger partial charge in [0.15, 0.2) is 5.82 Å². The topological polar surface area (TPSA) is 72.7 Å². The summed E-state index contributed by atoms with van der Waals surface area (Å²) in [6.45, 7) is 0. The Bertz CT molecular complexity index is 609. The molecular formula is C15H19N5OS. The van der Waals surface area contributed by atoms with Crippen molar-refractivity contribution in [2.45, 2.75) is 37.5 Å². The molecule has 0 aliphatic heterocycles. The zero-order valence-electron chi connectivity index (χ0n) is 12.3. The normalized spacial score (nSPS) is 15.1. The van der Waals surface area contributed by atoms with E-state index in [2.05, 4.69) is 20.8 Å². The lowest BCUT2D eigenvalue weighted by atomic mass is 10.2. The fourth-order valence-corrected chi connectivity index (χ4v) is 3.43. The van der Waals surface area contributed by atoms with Gasteiger partial charge in [-0.05, 0) is 35.4 Å². The van der Waals surface area contributed by atoms with Gasteiger partial charge in [-0.1, -0.05) is 31.0 Å². The molecule has 1 aliphatic rings. The van der Waals surface area contributed by atoms with Gasteiger partial charge >= 0.3 is 0 Å². The van der Waals surface area contributed by atoms with Crippen LogP contribution in [-0.2, 0) is 10.5 Å². The van der Waals surface area contributed by atoms with E-state index in [-0.39, 0.29) is 5.91 Å². The summed E-state index contributed by atoms with van der Waals surface area (Å²) in [5.41, 5.74) is 0.823. The first-order chi connectivity index (χ1) is 10.8. The number of benzene rings is 1. The minimum atomic E-state index is -0.00362. The zero-order valence-corrected chi connectivity index (χ0v) is 13.1. The van der Waals surface area contributed by atoms with Crippen LogP contribution in [0.5, 0.6) is 0 Å².